The molecule has 4 rings (SSSR count). The minimum Gasteiger partial charge on any atom is -0.497 e. The minimum absolute atomic E-state index is 0. The van der Waals surface area contributed by atoms with Crippen LogP contribution in [0.2, 0.25) is 0 Å². The van der Waals surface area contributed by atoms with Crippen molar-refractivity contribution < 1.29 is 9.15 Å². The number of halogens is 1. The molecule has 0 bridgehead atoms. The Labute approximate surface area is 211 Å². The summed E-state index contributed by atoms with van der Waals surface area (Å²) < 4.78 is 10.8. The Kier molecular flexibility index (Phi) is 9.55. The lowest BCUT2D eigenvalue weighted by atomic mass is 10.1. The molecule has 0 radical (unpaired) electrons. The molecule has 1 atom stereocenters. The van der Waals surface area contributed by atoms with Gasteiger partial charge in [-0.05, 0) is 62.7 Å². The second-order valence-electron chi connectivity index (χ2n) is 7.69. The summed E-state index contributed by atoms with van der Waals surface area (Å²) in [5.74, 6) is 3.47. The molecule has 0 saturated carbocycles. The summed E-state index contributed by atoms with van der Waals surface area (Å²) in [6.45, 7) is 6.16. The largest absolute Gasteiger partial charge is 0.497 e. The van der Waals surface area contributed by atoms with E-state index in [0.717, 1.165) is 37.9 Å². The van der Waals surface area contributed by atoms with Crippen LogP contribution in [-0.2, 0) is 6.54 Å². The molecule has 1 fully saturated rings. The fourth-order valence-corrected chi connectivity index (χ4v) is 3.93. The highest BCUT2D eigenvalue weighted by Gasteiger charge is 2.24. The lowest BCUT2D eigenvalue weighted by molar-refractivity contribution is 0.245. The molecule has 1 unspecified atom stereocenters. The molecule has 2 aromatic heterocycles. The van der Waals surface area contributed by atoms with Crippen LogP contribution in [0.25, 0.3) is 11.6 Å². The number of furan rings is 1. The van der Waals surface area contributed by atoms with Gasteiger partial charge in [0.15, 0.2) is 11.7 Å². The van der Waals surface area contributed by atoms with Gasteiger partial charge in [0.25, 0.3) is 0 Å². The summed E-state index contributed by atoms with van der Waals surface area (Å²) in [6.07, 6.45) is 4.08. The van der Waals surface area contributed by atoms with Crippen molar-refractivity contribution in [2.75, 3.05) is 33.3 Å². The van der Waals surface area contributed by atoms with Gasteiger partial charge in [-0.15, -0.1) is 29.1 Å². The Balaban J connectivity index is 0.00000306. The van der Waals surface area contributed by atoms with Crippen molar-refractivity contribution in [3.63, 3.8) is 0 Å². The molecule has 0 spiro atoms. The number of hydrogen-bond acceptors (Lipinski definition) is 6. The first-order chi connectivity index (χ1) is 15.8. The number of H-pyrrole nitrogens is 1. The standard InChI is InChI=1S/C23H31N7O2.HI/c1-3-24-23(26-16-21-27-22(29-28-21)20-10-7-13-32-20)25-15-19(30-11-4-5-12-30)17-8-6-9-18(14-17)31-2;/h6-10,13-14,19H,3-5,11-12,15-16H2,1-2H3,(H2,24,25,26)(H,27,28,29);1H. The summed E-state index contributed by atoms with van der Waals surface area (Å²) in [6, 6.07) is 12.2. The van der Waals surface area contributed by atoms with Crippen LogP contribution >= 0.6 is 24.0 Å². The van der Waals surface area contributed by atoms with E-state index >= 15 is 0 Å². The van der Waals surface area contributed by atoms with Crippen LogP contribution in [0.4, 0.5) is 0 Å². The summed E-state index contributed by atoms with van der Waals surface area (Å²) in [5.41, 5.74) is 1.24. The fourth-order valence-electron chi connectivity index (χ4n) is 3.93. The summed E-state index contributed by atoms with van der Waals surface area (Å²) in [7, 11) is 1.71. The van der Waals surface area contributed by atoms with Crippen LogP contribution in [0.3, 0.4) is 0 Å². The van der Waals surface area contributed by atoms with Crippen molar-refractivity contribution in [2.24, 2.45) is 4.99 Å². The molecule has 1 aromatic carbocycles. The van der Waals surface area contributed by atoms with Gasteiger partial charge in [0.1, 0.15) is 18.1 Å². The quantitative estimate of drug-likeness (QED) is 0.207. The minimum atomic E-state index is 0. The second-order valence-corrected chi connectivity index (χ2v) is 7.69. The van der Waals surface area contributed by atoms with Gasteiger partial charge in [0.05, 0.1) is 19.4 Å². The SMILES string of the molecule is CCNC(=NCc1nc(-c2ccco2)n[nH]1)NCC(c1cccc(OC)c1)N1CCCC1.I. The molecule has 3 heterocycles. The number of rotatable bonds is 9. The van der Waals surface area contributed by atoms with E-state index in [1.165, 1.54) is 18.4 Å². The maximum absolute atomic E-state index is 5.45. The molecule has 10 heteroatoms. The Bertz CT molecular complexity index is 1000. The molecule has 1 aliphatic heterocycles. The number of aromatic nitrogens is 3. The molecule has 0 amide bonds. The van der Waals surface area contributed by atoms with Gasteiger partial charge >= 0.3 is 0 Å². The van der Waals surface area contributed by atoms with Gasteiger partial charge in [0, 0.05) is 13.1 Å². The highest BCUT2D eigenvalue weighted by atomic mass is 127. The van der Waals surface area contributed by atoms with E-state index in [1.807, 2.05) is 18.2 Å². The fraction of sp³-hybridized carbons (Fsp3) is 0.435. The van der Waals surface area contributed by atoms with Crippen LogP contribution in [0, 0.1) is 0 Å². The zero-order chi connectivity index (χ0) is 22.2. The normalized spacial score (nSPS) is 15.2. The van der Waals surface area contributed by atoms with Crippen LogP contribution < -0.4 is 15.4 Å². The van der Waals surface area contributed by atoms with Crippen molar-refractivity contribution >= 4 is 29.9 Å². The zero-order valence-electron chi connectivity index (χ0n) is 19.1. The van der Waals surface area contributed by atoms with Crippen LogP contribution in [0.15, 0.2) is 52.1 Å². The highest BCUT2D eigenvalue weighted by molar-refractivity contribution is 14.0. The third kappa shape index (κ3) is 6.70. The van der Waals surface area contributed by atoms with Gasteiger partial charge in [-0.1, -0.05) is 12.1 Å². The van der Waals surface area contributed by atoms with Crippen molar-refractivity contribution in [1.29, 1.82) is 0 Å². The number of benzene rings is 1. The summed E-state index contributed by atoms with van der Waals surface area (Å²) in [5, 5.41) is 14.0. The van der Waals surface area contributed by atoms with E-state index in [4.69, 9.17) is 14.1 Å². The number of nitrogens with zero attached hydrogens (tertiary/aromatic N) is 4. The molecule has 3 N–H and O–H groups in total. The zero-order valence-corrected chi connectivity index (χ0v) is 21.4. The number of aromatic amines is 1. The molecule has 1 aliphatic rings. The first kappa shape index (κ1) is 25.0. The molecular weight excluding hydrogens is 533 g/mol. The molecule has 33 heavy (non-hydrogen) atoms. The van der Waals surface area contributed by atoms with Crippen molar-refractivity contribution in [1.82, 2.24) is 30.7 Å². The summed E-state index contributed by atoms with van der Waals surface area (Å²) >= 11 is 0. The van der Waals surface area contributed by atoms with Crippen molar-refractivity contribution in [3.05, 3.63) is 54.0 Å². The second kappa shape index (κ2) is 12.6. The number of methoxy groups -OCH3 is 1. The molecule has 0 aliphatic carbocycles. The van der Waals surface area contributed by atoms with E-state index in [-0.39, 0.29) is 30.0 Å². The van der Waals surface area contributed by atoms with Crippen LogP contribution in [0.5, 0.6) is 5.75 Å². The van der Waals surface area contributed by atoms with E-state index in [1.54, 1.807) is 13.4 Å². The predicted molar refractivity (Wildman–Crippen MR) is 139 cm³/mol. The van der Waals surface area contributed by atoms with E-state index < -0.39 is 0 Å². The molecule has 9 nitrogen and oxygen atoms in total. The molecular formula is C23H32IN7O2. The lowest BCUT2D eigenvalue weighted by Crippen LogP contribution is -2.42. The molecule has 3 aromatic rings. The average Bonchev–Trinajstić information content (AvgIpc) is 3.60. The average molecular weight is 565 g/mol. The van der Waals surface area contributed by atoms with Gasteiger partial charge in [-0.25, -0.2) is 9.98 Å². The maximum Gasteiger partial charge on any atom is 0.216 e. The number of nitrogens with one attached hydrogen (secondary N) is 3. The molecule has 178 valence electrons. The highest BCUT2D eigenvalue weighted by Crippen LogP contribution is 2.27. The van der Waals surface area contributed by atoms with Crippen LogP contribution in [0.1, 0.15) is 37.2 Å². The number of aliphatic imine (C=N–C) groups is 1. The van der Waals surface area contributed by atoms with E-state index in [0.29, 0.717) is 24.0 Å². The number of likely N-dealkylation sites (tertiary alicyclic amines) is 1. The van der Waals surface area contributed by atoms with E-state index in [9.17, 15) is 0 Å². The first-order valence-corrected chi connectivity index (χ1v) is 11.1. The smallest absolute Gasteiger partial charge is 0.216 e. The first-order valence-electron chi connectivity index (χ1n) is 11.1. The van der Waals surface area contributed by atoms with Gasteiger partial charge in [-0.3, -0.25) is 10.00 Å². The van der Waals surface area contributed by atoms with E-state index in [2.05, 4.69) is 55.8 Å². The Morgan fingerprint density at radius 1 is 1.24 bits per heavy atom. The Hall–Kier alpha value is -2.60. The number of hydrogen-bond donors (Lipinski definition) is 3. The Morgan fingerprint density at radius 2 is 2.09 bits per heavy atom. The third-order valence-corrected chi connectivity index (χ3v) is 5.53. The lowest BCUT2D eigenvalue weighted by Gasteiger charge is -2.29. The topological polar surface area (TPSA) is 104 Å². The van der Waals surface area contributed by atoms with Crippen LogP contribution in [-0.4, -0.2) is 59.3 Å². The van der Waals surface area contributed by atoms with Gasteiger partial charge in [-0.2, -0.15) is 0 Å². The molecule has 1 saturated heterocycles. The maximum atomic E-state index is 5.45. The van der Waals surface area contributed by atoms with Gasteiger partial charge < -0.3 is 19.8 Å². The van der Waals surface area contributed by atoms with Gasteiger partial charge in [0.2, 0.25) is 5.82 Å². The summed E-state index contributed by atoms with van der Waals surface area (Å²) in [4.78, 5) is 11.7. The number of ether oxygens (including phenoxy) is 1. The third-order valence-electron chi connectivity index (χ3n) is 5.53. The number of guanidine groups is 1. The Morgan fingerprint density at radius 3 is 2.82 bits per heavy atom. The predicted octanol–water partition coefficient (Wildman–Crippen LogP) is 3.58. The van der Waals surface area contributed by atoms with Crippen molar-refractivity contribution in [3.8, 4) is 17.3 Å². The van der Waals surface area contributed by atoms with Crippen molar-refractivity contribution in [2.45, 2.75) is 32.4 Å². The monoisotopic (exact) mass is 565 g/mol.